The third kappa shape index (κ3) is 7.83. The average molecular weight is 640 g/mol. The van der Waals surface area contributed by atoms with Crippen LogP contribution in [0.25, 0.3) is 0 Å². The highest BCUT2D eigenvalue weighted by Gasteiger charge is 2.57. The molecule has 4 saturated heterocycles. The van der Waals surface area contributed by atoms with Crippen LogP contribution in [0.2, 0.25) is 0 Å². The van der Waals surface area contributed by atoms with Gasteiger partial charge in [-0.15, -0.1) is 0 Å². The second-order valence-electron chi connectivity index (χ2n) is 14.2. The van der Waals surface area contributed by atoms with Crippen molar-refractivity contribution in [3.63, 3.8) is 0 Å². The molecule has 10 atom stereocenters. The number of hydrogen-bond acceptors (Lipinski definition) is 11. The number of hydroxylamine groups is 2. The van der Waals surface area contributed by atoms with E-state index in [-0.39, 0.29) is 49.1 Å². The lowest BCUT2D eigenvalue weighted by Crippen LogP contribution is -2.63. The van der Waals surface area contributed by atoms with E-state index in [0.29, 0.717) is 38.9 Å². The zero-order chi connectivity index (χ0) is 32.6. The molecular formula is C33H53NO11. The Hall–Kier alpha value is -1.45. The summed E-state index contributed by atoms with van der Waals surface area (Å²) in [5.41, 5.74) is -2.85. The summed E-state index contributed by atoms with van der Waals surface area (Å²) in [5, 5.41) is 12.4. The maximum Gasteiger partial charge on any atom is 0.269 e. The number of nitrogens with zero attached hydrogens (tertiary/aromatic N) is 1. The maximum absolute atomic E-state index is 12.4. The first-order valence-corrected chi connectivity index (χ1v) is 16.1. The zero-order valence-corrected chi connectivity index (χ0v) is 28.1. The van der Waals surface area contributed by atoms with Crippen LogP contribution in [-0.4, -0.2) is 123 Å². The molecule has 0 aromatic carbocycles. The Balaban J connectivity index is 1.33. The number of hydrogen-bond donors (Lipinski definition) is 1. The van der Waals surface area contributed by atoms with Crippen molar-refractivity contribution in [2.75, 3.05) is 41.3 Å². The number of amides is 1. The van der Waals surface area contributed by atoms with E-state index in [1.54, 1.807) is 26.2 Å². The maximum atomic E-state index is 12.4. The molecule has 1 amide bonds. The van der Waals surface area contributed by atoms with E-state index in [4.69, 9.17) is 42.7 Å². The van der Waals surface area contributed by atoms with Crippen LogP contribution in [0.4, 0.5) is 0 Å². The summed E-state index contributed by atoms with van der Waals surface area (Å²) in [7, 11) is 4.55. The first kappa shape index (κ1) is 34.9. The SMILES string of the molecule is COCO[C@H]1C[C@@H](CC2COC(C)(C)OC2)O[C@@H]2C[C@@H]3O[C@]4(C)C=C[C@](C)(O)[C@@H](/C=C/C(=O)N(C)OC)O[C@H]4CC[C@@]3(C)O[C@@H]12. The Morgan fingerprint density at radius 1 is 1.02 bits per heavy atom. The molecular weight excluding hydrogens is 586 g/mol. The number of fused-ring (bicyclic) bond motifs is 3. The molecule has 256 valence electrons. The van der Waals surface area contributed by atoms with Crippen LogP contribution < -0.4 is 0 Å². The fraction of sp³-hybridized carbons (Fsp3) is 0.848. The first-order valence-electron chi connectivity index (χ1n) is 16.1. The molecule has 0 spiro atoms. The summed E-state index contributed by atoms with van der Waals surface area (Å²) in [5.74, 6) is -0.709. The lowest BCUT2D eigenvalue weighted by molar-refractivity contribution is -0.310. The van der Waals surface area contributed by atoms with Gasteiger partial charge in [0.2, 0.25) is 0 Å². The molecule has 0 bridgehead atoms. The zero-order valence-electron chi connectivity index (χ0n) is 28.1. The van der Waals surface area contributed by atoms with Crippen molar-refractivity contribution in [1.82, 2.24) is 5.06 Å². The van der Waals surface area contributed by atoms with Gasteiger partial charge in [0, 0.05) is 39.0 Å². The highest BCUT2D eigenvalue weighted by molar-refractivity contribution is 5.86. The molecule has 4 fully saturated rings. The number of ether oxygens (including phenoxy) is 8. The van der Waals surface area contributed by atoms with Crippen molar-refractivity contribution in [3.8, 4) is 0 Å². The van der Waals surface area contributed by atoms with Crippen molar-refractivity contribution in [1.29, 1.82) is 0 Å². The van der Waals surface area contributed by atoms with Gasteiger partial charge in [0.15, 0.2) is 5.79 Å². The quantitative estimate of drug-likeness (QED) is 0.182. The number of likely N-dealkylation sites (N-methyl/N-ethyl adjacent to an activating group) is 1. The molecule has 5 rings (SSSR count). The van der Waals surface area contributed by atoms with Gasteiger partial charge in [-0.2, -0.15) is 0 Å². The topological polar surface area (TPSA) is 124 Å². The van der Waals surface area contributed by atoms with E-state index in [1.165, 1.54) is 20.2 Å². The minimum atomic E-state index is -1.37. The Bertz CT molecular complexity index is 1090. The van der Waals surface area contributed by atoms with Gasteiger partial charge in [-0.05, 0) is 60.0 Å². The summed E-state index contributed by atoms with van der Waals surface area (Å²) in [4.78, 5) is 17.4. The molecule has 5 aliphatic heterocycles. The lowest BCUT2D eigenvalue weighted by atomic mass is 9.81. The van der Waals surface area contributed by atoms with Gasteiger partial charge in [-0.1, -0.05) is 12.2 Å². The number of methoxy groups -OCH3 is 1. The number of carbonyl (C=O) groups is 1. The third-order valence-corrected chi connectivity index (χ3v) is 10.0. The van der Waals surface area contributed by atoms with Crippen molar-refractivity contribution in [2.45, 2.75) is 132 Å². The van der Waals surface area contributed by atoms with E-state index < -0.39 is 34.8 Å². The summed E-state index contributed by atoms with van der Waals surface area (Å²) >= 11 is 0. The van der Waals surface area contributed by atoms with Crippen LogP contribution in [0, 0.1) is 5.92 Å². The molecule has 1 N–H and O–H groups in total. The summed E-state index contributed by atoms with van der Waals surface area (Å²) in [6.07, 6.45) is 7.58. The average Bonchev–Trinajstić information content (AvgIpc) is 3.15. The monoisotopic (exact) mass is 639 g/mol. The fourth-order valence-electron chi connectivity index (χ4n) is 7.08. The van der Waals surface area contributed by atoms with Gasteiger partial charge in [-0.3, -0.25) is 9.63 Å². The molecule has 0 aromatic heterocycles. The Morgan fingerprint density at radius 3 is 2.44 bits per heavy atom. The van der Waals surface area contributed by atoms with Crippen molar-refractivity contribution >= 4 is 5.91 Å². The van der Waals surface area contributed by atoms with E-state index >= 15 is 0 Å². The smallest absolute Gasteiger partial charge is 0.269 e. The van der Waals surface area contributed by atoms with Gasteiger partial charge in [0.1, 0.15) is 30.2 Å². The Labute approximate surface area is 267 Å². The highest BCUT2D eigenvalue weighted by atomic mass is 16.7. The van der Waals surface area contributed by atoms with Crippen LogP contribution in [0.5, 0.6) is 0 Å². The third-order valence-electron chi connectivity index (χ3n) is 10.0. The van der Waals surface area contributed by atoms with Gasteiger partial charge in [0.05, 0.1) is 56.4 Å². The second-order valence-corrected chi connectivity index (χ2v) is 14.2. The first-order chi connectivity index (χ1) is 21.2. The molecule has 12 nitrogen and oxygen atoms in total. The van der Waals surface area contributed by atoms with Crippen molar-refractivity contribution in [3.05, 3.63) is 24.3 Å². The van der Waals surface area contributed by atoms with E-state index in [2.05, 4.69) is 6.92 Å². The van der Waals surface area contributed by atoms with Gasteiger partial charge < -0.3 is 43.0 Å². The predicted octanol–water partition coefficient (Wildman–Crippen LogP) is 3.06. The Morgan fingerprint density at radius 2 is 1.76 bits per heavy atom. The van der Waals surface area contributed by atoms with E-state index in [9.17, 15) is 9.90 Å². The number of carbonyl (C=O) groups excluding carboxylic acids is 1. The minimum absolute atomic E-state index is 0.0581. The minimum Gasteiger partial charge on any atom is -0.383 e. The predicted molar refractivity (Wildman–Crippen MR) is 162 cm³/mol. The Kier molecular flexibility index (Phi) is 10.5. The summed E-state index contributed by atoms with van der Waals surface area (Å²) in [6.45, 7) is 11.0. The number of aliphatic hydroxyl groups is 1. The molecule has 5 aliphatic rings. The molecule has 0 radical (unpaired) electrons. The largest absolute Gasteiger partial charge is 0.383 e. The van der Waals surface area contributed by atoms with Crippen molar-refractivity contribution < 1.29 is 52.6 Å². The van der Waals surface area contributed by atoms with Crippen molar-refractivity contribution in [2.24, 2.45) is 5.92 Å². The van der Waals surface area contributed by atoms with Crippen LogP contribution in [0.1, 0.15) is 66.7 Å². The standard InChI is InChI=1S/C33H53NO11/c1-30(2)40-18-21(19-41-30)15-22-16-23(39-20-37-7)29-24(42-22)17-27-32(4,45-29)12-11-26-33(5,44-27)14-13-31(3,36)25(43-26)9-10-28(35)34(6)38-8/h9-10,13-14,21-27,29,36H,11-12,15-20H2,1-8H3/b10-9+/t22-,23+,24-,25-,26+,27+,29+,31+,32-,33-/m1/s1. The number of rotatable bonds is 8. The van der Waals surface area contributed by atoms with Crippen LogP contribution in [0.15, 0.2) is 24.3 Å². The van der Waals surface area contributed by atoms with Crippen LogP contribution in [0.3, 0.4) is 0 Å². The molecule has 5 heterocycles. The molecule has 0 saturated carbocycles. The second kappa shape index (κ2) is 13.6. The molecule has 0 aromatic rings. The van der Waals surface area contributed by atoms with Gasteiger partial charge in [0.25, 0.3) is 5.91 Å². The fourth-order valence-corrected chi connectivity index (χ4v) is 7.08. The van der Waals surface area contributed by atoms with Gasteiger partial charge in [-0.25, -0.2) is 5.06 Å². The van der Waals surface area contributed by atoms with E-state index in [1.807, 2.05) is 26.8 Å². The normalized spacial score (nSPS) is 43.5. The van der Waals surface area contributed by atoms with Gasteiger partial charge >= 0.3 is 0 Å². The molecule has 0 unspecified atom stereocenters. The molecule has 12 heteroatoms. The summed E-state index contributed by atoms with van der Waals surface area (Å²) in [6, 6.07) is 0. The van der Waals surface area contributed by atoms with Crippen LogP contribution >= 0.6 is 0 Å². The highest BCUT2D eigenvalue weighted by Crippen LogP contribution is 2.48. The molecule has 45 heavy (non-hydrogen) atoms. The molecule has 0 aliphatic carbocycles. The lowest BCUT2D eigenvalue weighted by Gasteiger charge is -2.53. The van der Waals surface area contributed by atoms with E-state index in [0.717, 1.165) is 11.5 Å². The summed E-state index contributed by atoms with van der Waals surface area (Å²) < 4.78 is 50.5. The van der Waals surface area contributed by atoms with Crippen LogP contribution in [-0.2, 0) is 47.5 Å².